The van der Waals surface area contributed by atoms with Gasteiger partial charge in [-0.15, -0.1) is 0 Å². The Bertz CT molecular complexity index is 1180. The van der Waals surface area contributed by atoms with Gasteiger partial charge in [0, 0.05) is 30.9 Å². The topological polar surface area (TPSA) is 139 Å². The van der Waals surface area contributed by atoms with Crippen molar-refractivity contribution in [2.45, 2.75) is 49.5 Å². The minimum absolute atomic E-state index is 0.000197. The molecule has 0 radical (unpaired) electrons. The molecular weight excluding hydrogens is 458 g/mol. The largest absolute Gasteiger partial charge is 0.452 e. The molecule has 0 atom stereocenters. The van der Waals surface area contributed by atoms with E-state index >= 15 is 0 Å². The van der Waals surface area contributed by atoms with Crippen molar-refractivity contribution in [1.29, 1.82) is 0 Å². The molecule has 1 aromatic heterocycles. The van der Waals surface area contributed by atoms with E-state index in [0.717, 1.165) is 32.1 Å². The number of aliphatic imine (C=N–C) groups is 1. The molecule has 34 heavy (non-hydrogen) atoms. The van der Waals surface area contributed by atoms with Crippen LogP contribution in [0.2, 0.25) is 0 Å². The number of nitrogens with one attached hydrogen (secondary N) is 3. The van der Waals surface area contributed by atoms with Crippen LogP contribution in [0.5, 0.6) is 0 Å². The maximum Gasteiger partial charge on any atom is 0.340 e. The summed E-state index contributed by atoms with van der Waals surface area (Å²) in [5.74, 6) is -0.133. The molecule has 1 saturated carbocycles. The fourth-order valence-corrected chi connectivity index (χ4v) is 4.50. The number of aromatic nitrogens is 1. The zero-order valence-electron chi connectivity index (χ0n) is 18.6. The van der Waals surface area contributed by atoms with Gasteiger partial charge in [-0.2, -0.15) is 0 Å². The molecule has 1 fully saturated rings. The summed E-state index contributed by atoms with van der Waals surface area (Å²) in [6, 6.07) is 9.57. The van der Waals surface area contributed by atoms with Gasteiger partial charge in [-0.1, -0.05) is 12.5 Å². The summed E-state index contributed by atoms with van der Waals surface area (Å²) in [4.78, 5) is 32.9. The lowest BCUT2D eigenvalue weighted by atomic mass is 10.2. The van der Waals surface area contributed by atoms with Crippen LogP contribution in [0.4, 0.5) is 11.5 Å². The van der Waals surface area contributed by atoms with Crippen LogP contribution in [0.25, 0.3) is 0 Å². The van der Waals surface area contributed by atoms with Crippen molar-refractivity contribution in [3.8, 4) is 0 Å². The predicted molar refractivity (Wildman–Crippen MR) is 127 cm³/mol. The second-order valence-electron chi connectivity index (χ2n) is 8.25. The van der Waals surface area contributed by atoms with Crippen molar-refractivity contribution in [2.75, 3.05) is 23.8 Å². The Kier molecular flexibility index (Phi) is 7.41. The summed E-state index contributed by atoms with van der Waals surface area (Å²) >= 11 is 0. The van der Waals surface area contributed by atoms with E-state index in [1.54, 1.807) is 18.2 Å². The Morgan fingerprint density at radius 3 is 2.71 bits per heavy atom. The Morgan fingerprint density at radius 2 is 1.94 bits per heavy atom. The molecule has 1 aliphatic carbocycles. The molecule has 0 spiro atoms. The summed E-state index contributed by atoms with van der Waals surface area (Å²) in [6.07, 6.45) is 7.04. The van der Waals surface area contributed by atoms with E-state index in [9.17, 15) is 18.0 Å². The number of benzene rings is 1. The highest BCUT2D eigenvalue weighted by molar-refractivity contribution is 7.90. The van der Waals surface area contributed by atoms with Gasteiger partial charge < -0.3 is 15.4 Å². The van der Waals surface area contributed by atoms with Gasteiger partial charge >= 0.3 is 5.97 Å². The molecule has 0 unspecified atom stereocenters. The monoisotopic (exact) mass is 485 g/mol. The van der Waals surface area contributed by atoms with Crippen molar-refractivity contribution in [2.24, 2.45) is 4.99 Å². The van der Waals surface area contributed by atoms with Crippen LogP contribution in [-0.4, -0.2) is 50.3 Å². The highest BCUT2D eigenvalue weighted by Gasteiger charge is 2.21. The standard InChI is InChI=1S/C23H27N5O5S/c29-22(15-33-23(30)16-8-11-20(25-14-16)26-17-9-10-17)27-18-5-4-6-19(13-18)34(31,32)28-21-7-2-1-3-12-24-21/h4-6,8,11,13-14,17H,1-3,7,9-10,12,15H2,(H,24,28)(H,25,26)(H,27,29). The molecule has 0 bridgehead atoms. The SMILES string of the molecule is O=C(COC(=O)c1ccc(NC2CC2)nc1)Nc1cccc(S(=O)(=O)NC2=NCCCCC2)c1. The van der Waals surface area contributed by atoms with Crippen LogP contribution >= 0.6 is 0 Å². The lowest BCUT2D eigenvalue weighted by Crippen LogP contribution is -2.30. The normalized spacial score (nSPS) is 16.1. The second-order valence-corrected chi connectivity index (χ2v) is 9.93. The molecular formula is C23H27N5O5S. The Hall–Kier alpha value is -3.47. The molecule has 3 N–H and O–H groups in total. The van der Waals surface area contributed by atoms with Gasteiger partial charge in [0.15, 0.2) is 6.61 Å². The van der Waals surface area contributed by atoms with Gasteiger partial charge in [-0.25, -0.2) is 18.2 Å². The fourth-order valence-electron chi connectivity index (χ4n) is 3.36. The van der Waals surface area contributed by atoms with Crippen LogP contribution < -0.4 is 15.4 Å². The average Bonchev–Trinajstić information content (AvgIpc) is 3.66. The number of carbonyl (C=O) groups is 2. The highest BCUT2D eigenvalue weighted by Crippen LogP contribution is 2.23. The predicted octanol–water partition coefficient (Wildman–Crippen LogP) is 2.70. The summed E-state index contributed by atoms with van der Waals surface area (Å²) in [7, 11) is -3.83. The minimum atomic E-state index is -3.83. The van der Waals surface area contributed by atoms with Crippen LogP contribution in [0.3, 0.4) is 0 Å². The first-order valence-electron chi connectivity index (χ1n) is 11.2. The van der Waals surface area contributed by atoms with Gasteiger partial charge in [0.2, 0.25) is 0 Å². The van der Waals surface area contributed by atoms with Crippen molar-refractivity contribution < 1.29 is 22.7 Å². The van der Waals surface area contributed by atoms with E-state index in [-0.39, 0.29) is 16.1 Å². The van der Waals surface area contributed by atoms with E-state index in [4.69, 9.17) is 4.74 Å². The first kappa shape index (κ1) is 23.7. The van der Waals surface area contributed by atoms with Crippen molar-refractivity contribution in [1.82, 2.24) is 9.71 Å². The van der Waals surface area contributed by atoms with Gasteiger partial charge in [-0.3, -0.25) is 14.5 Å². The number of rotatable bonds is 8. The van der Waals surface area contributed by atoms with Crippen molar-refractivity contribution in [3.63, 3.8) is 0 Å². The number of amidine groups is 1. The molecule has 2 aliphatic rings. The molecule has 2 aromatic rings. The molecule has 10 nitrogen and oxygen atoms in total. The number of ether oxygens (including phenoxy) is 1. The first-order chi connectivity index (χ1) is 16.4. The molecule has 2 heterocycles. The Morgan fingerprint density at radius 1 is 1.09 bits per heavy atom. The number of sulfonamides is 1. The van der Waals surface area contributed by atoms with Gasteiger partial charge in [-0.05, 0) is 56.0 Å². The first-order valence-corrected chi connectivity index (χ1v) is 12.7. The summed E-state index contributed by atoms with van der Waals surface area (Å²) in [5.41, 5.74) is 0.499. The van der Waals surface area contributed by atoms with Gasteiger partial charge in [0.05, 0.1) is 10.5 Å². The quantitative estimate of drug-likeness (QED) is 0.489. The van der Waals surface area contributed by atoms with E-state index in [1.165, 1.54) is 24.4 Å². The van der Waals surface area contributed by atoms with E-state index in [0.29, 0.717) is 30.7 Å². The number of anilines is 2. The lowest BCUT2D eigenvalue weighted by Gasteiger charge is -2.11. The highest BCUT2D eigenvalue weighted by atomic mass is 32.2. The summed E-state index contributed by atoms with van der Waals surface area (Å²) in [5, 5.41) is 5.77. The molecule has 180 valence electrons. The molecule has 4 rings (SSSR count). The van der Waals surface area contributed by atoms with Crippen LogP contribution in [0, 0.1) is 0 Å². The average molecular weight is 486 g/mol. The van der Waals surface area contributed by atoms with Crippen molar-refractivity contribution >= 4 is 39.2 Å². The van der Waals surface area contributed by atoms with Gasteiger partial charge in [0.1, 0.15) is 11.7 Å². The number of esters is 1. The summed E-state index contributed by atoms with van der Waals surface area (Å²) < 4.78 is 33.0. The number of carbonyl (C=O) groups excluding carboxylic acids is 2. The Balaban J connectivity index is 1.30. The van der Waals surface area contributed by atoms with Crippen molar-refractivity contribution in [3.05, 3.63) is 48.2 Å². The smallest absolute Gasteiger partial charge is 0.340 e. The van der Waals surface area contributed by atoms with Crippen LogP contribution in [0.15, 0.2) is 52.5 Å². The molecule has 1 aromatic carbocycles. The number of hydrogen-bond acceptors (Lipinski definition) is 8. The fraction of sp³-hybridized carbons (Fsp3) is 0.391. The zero-order chi connectivity index (χ0) is 24.0. The number of nitrogens with zero attached hydrogens (tertiary/aromatic N) is 2. The zero-order valence-corrected chi connectivity index (χ0v) is 19.4. The lowest BCUT2D eigenvalue weighted by molar-refractivity contribution is -0.119. The maximum atomic E-state index is 12.7. The van der Waals surface area contributed by atoms with E-state index in [1.807, 2.05) is 0 Å². The van der Waals surface area contributed by atoms with E-state index in [2.05, 4.69) is 25.3 Å². The summed E-state index contributed by atoms with van der Waals surface area (Å²) in [6.45, 7) is 0.0805. The maximum absolute atomic E-state index is 12.7. The number of pyridine rings is 1. The second kappa shape index (κ2) is 10.6. The van der Waals surface area contributed by atoms with Crippen LogP contribution in [0.1, 0.15) is 48.9 Å². The molecule has 1 amide bonds. The molecule has 0 saturated heterocycles. The van der Waals surface area contributed by atoms with Gasteiger partial charge in [0.25, 0.3) is 15.9 Å². The Labute approximate surface area is 198 Å². The third kappa shape index (κ3) is 6.77. The third-order valence-corrected chi connectivity index (χ3v) is 6.70. The minimum Gasteiger partial charge on any atom is -0.452 e. The molecule has 11 heteroatoms. The van der Waals surface area contributed by atoms with Crippen LogP contribution in [-0.2, 0) is 19.6 Å². The number of hydrogen-bond donors (Lipinski definition) is 3. The third-order valence-electron chi connectivity index (χ3n) is 5.32. The number of amides is 1. The van der Waals surface area contributed by atoms with E-state index < -0.39 is 28.5 Å². The molecule has 1 aliphatic heterocycles.